The topological polar surface area (TPSA) is 40.6 Å². The van der Waals surface area contributed by atoms with Gasteiger partial charge in [-0.25, -0.2) is 18.7 Å². The Labute approximate surface area is 371 Å². The predicted molar refractivity (Wildman–Crippen MR) is 261 cm³/mol. The number of fused-ring (bicyclic) bond motifs is 9. The monoisotopic (exact) mass is 839 g/mol. The van der Waals surface area contributed by atoms with Crippen LogP contribution in [0.1, 0.15) is 0 Å². The first-order valence-electron chi connectivity index (χ1n) is 21.6. The standard InChI is InChI=1S/C58H35F2N5/c59-39-29-38(30-40(60)33-39)58-61-50(36-25-27-41(28-26-36)63-52-19-7-1-13-44(52)45-14-2-8-20-53(45)63)35-51(62-58)37-31-42(64-54-21-9-3-15-46(54)47-16-4-10-22-55(47)64)34-43(32-37)65-56-23-11-5-17-48(56)49-18-6-12-24-57(49)65/h1-35H. The van der Waals surface area contributed by atoms with Crippen LogP contribution in [0.4, 0.5) is 8.78 Å². The number of nitrogens with zero attached hydrogens (tertiary/aromatic N) is 5. The van der Waals surface area contributed by atoms with Gasteiger partial charge in [0.15, 0.2) is 5.82 Å². The van der Waals surface area contributed by atoms with Gasteiger partial charge in [0.2, 0.25) is 0 Å². The molecule has 0 aliphatic heterocycles. The fourth-order valence-electron chi connectivity index (χ4n) is 9.94. The van der Waals surface area contributed by atoms with Crippen molar-refractivity contribution in [3.63, 3.8) is 0 Å². The van der Waals surface area contributed by atoms with Crippen molar-refractivity contribution in [2.45, 2.75) is 0 Å². The molecule has 13 rings (SSSR count). The molecule has 4 heterocycles. The number of hydrogen-bond donors (Lipinski definition) is 0. The van der Waals surface area contributed by atoms with Crippen molar-refractivity contribution in [2.75, 3.05) is 0 Å². The van der Waals surface area contributed by atoms with Crippen LogP contribution in [0.15, 0.2) is 212 Å². The summed E-state index contributed by atoms with van der Waals surface area (Å²) in [6.45, 7) is 0. The van der Waals surface area contributed by atoms with Crippen LogP contribution in [0.25, 0.3) is 116 Å². The molecule has 65 heavy (non-hydrogen) atoms. The van der Waals surface area contributed by atoms with Crippen LogP contribution in [0.5, 0.6) is 0 Å². The van der Waals surface area contributed by atoms with Crippen LogP contribution in [0.2, 0.25) is 0 Å². The Hall–Kier alpha value is -8.68. The van der Waals surface area contributed by atoms with Gasteiger partial charge in [0.05, 0.1) is 44.5 Å². The minimum atomic E-state index is -0.701. The summed E-state index contributed by atoms with van der Waals surface area (Å²) in [4.78, 5) is 10.2. The number of para-hydroxylation sites is 6. The van der Waals surface area contributed by atoms with Crippen molar-refractivity contribution >= 4 is 65.4 Å². The molecule has 0 aliphatic carbocycles. The van der Waals surface area contributed by atoms with Gasteiger partial charge in [-0.15, -0.1) is 0 Å². The van der Waals surface area contributed by atoms with Gasteiger partial charge in [0.25, 0.3) is 0 Å². The molecule has 5 nitrogen and oxygen atoms in total. The largest absolute Gasteiger partial charge is 0.309 e. The van der Waals surface area contributed by atoms with E-state index in [0.29, 0.717) is 11.4 Å². The van der Waals surface area contributed by atoms with E-state index in [1.165, 1.54) is 22.9 Å². The average Bonchev–Trinajstić information content (AvgIpc) is 4.00. The second-order valence-corrected chi connectivity index (χ2v) is 16.5. The van der Waals surface area contributed by atoms with E-state index in [-0.39, 0.29) is 11.4 Å². The van der Waals surface area contributed by atoms with Crippen LogP contribution < -0.4 is 0 Å². The maximum absolute atomic E-state index is 15.0. The second-order valence-electron chi connectivity index (χ2n) is 16.5. The van der Waals surface area contributed by atoms with Crippen LogP contribution in [-0.2, 0) is 0 Å². The lowest BCUT2D eigenvalue weighted by Gasteiger charge is -2.16. The van der Waals surface area contributed by atoms with E-state index in [1.54, 1.807) is 0 Å². The quantitative estimate of drug-likeness (QED) is 0.167. The Morgan fingerprint density at radius 3 is 1.00 bits per heavy atom. The van der Waals surface area contributed by atoms with Crippen LogP contribution >= 0.6 is 0 Å². The smallest absolute Gasteiger partial charge is 0.160 e. The molecule has 0 saturated heterocycles. The summed E-state index contributed by atoms with van der Waals surface area (Å²) in [7, 11) is 0. The lowest BCUT2D eigenvalue weighted by atomic mass is 10.0. The van der Waals surface area contributed by atoms with E-state index >= 15 is 0 Å². The molecule has 0 fully saturated rings. The minimum absolute atomic E-state index is 0.211. The molecule has 306 valence electrons. The molecule has 0 bridgehead atoms. The number of halogens is 2. The van der Waals surface area contributed by atoms with Gasteiger partial charge >= 0.3 is 0 Å². The Balaban J connectivity index is 1.06. The highest BCUT2D eigenvalue weighted by atomic mass is 19.1. The molecule has 13 aromatic rings. The Morgan fingerprint density at radius 2 is 0.615 bits per heavy atom. The van der Waals surface area contributed by atoms with E-state index in [9.17, 15) is 8.78 Å². The summed E-state index contributed by atoms with van der Waals surface area (Å²) in [5.74, 6) is -1.19. The molecule has 7 heteroatoms. The van der Waals surface area contributed by atoms with Crippen molar-refractivity contribution < 1.29 is 8.78 Å². The van der Waals surface area contributed by atoms with E-state index in [1.807, 2.05) is 6.07 Å². The molecule has 4 aromatic heterocycles. The molecule has 0 atom stereocenters. The SMILES string of the molecule is Fc1cc(F)cc(-c2nc(-c3ccc(-n4c5ccccc5c5ccccc54)cc3)cc(-c3cc(-n4c5ccccc5c5ccccc54)cc(-n4c5ccccc5c5ccccc54)c3)n2)c1. The molecule has 0 unspecified atom stereocenters. The molecule has 0 spiro atoms. The molecule has 0 saturated carbocycles. The van der Waals surface area contributed by atoms with Crippen molar-refractivity contribution in [3.8, 4) is 51.0 Å². The maximum Gasteiger partial charge on any atom is 0.160 e. The summed E-state index contributed by atoms with van der Waals surface area (Å²) >= 11 is 0. The minimum Gasteiger partial charge on any atom is -0.309 e. The highest BCUT2D eigenvalue weighted by Crippen LogP contribution is 2.39. The van der Waals surface area contributed by atoms with E-state index < -0.39 is 11.6 Å². The lowest BCUT2D eigenvalue weighted by Crippen LogP contribution is -2.02. The third-order valence-corrected chi connectivity index (χ3v) is 12.7. The number of hydrogen-bond acceptors (Lipinski definition) is 2. The van der Waals surface area contributed by atoms with Crippen molar-refractivity contribution in [2.24, 2.45) is 0 Å². The van der Waals surface area contributed by atoms with Gasteiger partial charge in [-0.05, 0) is 84.9 Å². The first kappa shape index (κ1) is 36.9. The summed E-state index contributed by atoms with van der Waals surface area (Å²) in [6.07, 6.45) is 0. The molecular weight excluding hydrogens is 805 g/mol. The molecule has 0 aliphatic rings. The fourth-order valence-corrected chi connectivity index (χ4v) is 9.94. The summed E-state index contributed by atoms with van der Waals surface area (Å²) in [6, 6.07) is 71.0. The van der Waals surface area contributed by atoms with Crippen molar-refractivity contribution in [3.05, 3.63) is 224 Å². The number of rotatable bonds is 6. The third kappa shape index (κ3) is 5.90. The molecule has 0 N–H and O–H groups in total. The van der Waals surface area contributed by atoms with Gasteiger partial charge in [0.1, 0.15) is 11.6 Å². The van der Waals surface area contributed by atoms with E-state index in [2.05, 4.69) is 202 Å². The first-order chi connectivity index (χ1) is 32.0. The van der Waals surface area contributed by atoms with E-state index in [4.69, 9.17) is 9.97 Å². The summed E-state index contributed by atoms with van der Waals surface area (Å²) in [5.41, 5.74) is 12.5. The lowest BCUT2D eigenvalue weighted by molar-refractivity contribution is 0.584. The number of aromatic nitrogens is 5. The second kappa shape index (κ2) is 14.4. The van der Waals surface area contributed by atoms with Gasteiger partial charge in [-0.2, -0.15) is 0 Å². The highest BCUT2D eigenvalue weighted by Gasteiger charge is 2.20. The Kier molecular flexibility index (Phi) is 8.20. The first-order valence-corrected chi connectivity index (χ1v) is 21.6. The Morgan fingerprint density at radius 1 is 0.277 bits per heavy atom. The third-order valence-electron chi connectivity index (χ3n) is 12.7. The zero-order chi connectivity index (χ0) is 43.2. The van der Waals surface area contributed by atoms with Crippen LogP contribution in [0, 0.1) is 11.6 Å². The predicted octanol–water partition coefficient (Wildman–Crippen LogP) is 15.0. The number of benzene rings is 9. The van der Waals surface area contributed by atoms with Gasteiger partial charge in [-0.1, -0.05) is 121 Å². The Bertz CT molecular complexity index is 3730. The zero-order valence-electron chi connectivity index (χ0n) is 34.7. The molecule has 9 aromatic carbocycles. The normalized spacial score (nSPS) is 11.8. The van der Waals surface area contributed by atoms with Gasteiger partial charge in [0, 0.05) is 72.1 Å². The highest BCUT2D eigenvalue weighted by molar-refractivity contribution is 6.11. The van der Waals surface area contributed by atoms with Crippen LogP contribution in [-0.4, -0.2) is 23.7 Å². The molecule has 0 amide bonds. The molecule has 0 radical (unpaired) electrons. The summed E-state index contributed by atoms with van der Waals surface area (Å²) in [5, 5.41) is 6.96. The molecular formula is C58H35F2N5. The van der Waals surface area contributed by atoms with Crippen molar-refractivity contribution in [1.29, 1.82) is 0 Å². The summed E-state index contributed by atoms with van der Waals surface area (Å²) < 4.78 is 36.9. The van der Waals surface area contributed by atoms with Crippen LogP contribution in [0.3, 0.4) is 0 Å². The van der Waals surface area contributed by atoms with Gasteiger partial charge < -0.3 is 13.7 Å². The average molecular weight is 840 g/mol. The van der Waals surface area contributed by atoms with E-state index in [0.717, 1.165) is 88.9 Å². The fraction of sp³-hybridized carbons (Fsp3) is 0. The van der Waals surface area contributed by atoms with Gasteiger partial charge in [-0.3, -0.25) is 0 Å². The maximum atomic E-state index is 15.0. The van der Waals surface area contributed by atoms with Crippen molar-refractivity contribution in [1.82, 2.24) is 23.7 Å². The zero-order valence-corrected chi connectivity index (χ0v) is 34.7.